The largest absolute Gasteiger partial charge is 0.416 e. The smallest absolute Gasteiger partial charge is 0.379 e. The number of likely N-dealkylation sites (tertiary alicyclic amines) is 1. The molecule has 3 saturated heterocycles. The van der Waals surface area contributed by atoms with E-state index in [0.29, 0.717) is 30.9 Å². The number of hydrogen-bond acceptors (Lipinski definition) is 5. The Morgan fingerprint density at radius 3 is 2.58 bits per heavy atom. The average molecular weight is 607 g/mol. The minimum Gasteiger partial charge on any atom is -0.379 e. The van der Waals surface area contributed by atoms with E-state index in [2.05, 4.69) is 24.2 Å². The molecule has 43 heavy (non-hydrogen) atoms. The Morgan fingerprint density at radius 1 is 1.16 bits per heavy atom. The Bertz CT molecular complexity index is 1380. The van der Waals surface area contributed by atoms with Crippen LogP contribution in [0.5, 0.6) is 0 Å². The second-order valence-corrected chi connectivity index (χ2v) is 13.1. The van der Waals surface area contributed by atoms with E-state index in [1.165, 1.54) is 15.9 Å². The van der Waals surface area contributed by atoms with Gasteiger partial charge in [-0.3, -0.25) is 14.6 Å². The summed E-state index contributed by atoms with van der Waals surface area (Å²) in [5.74, 6) is -2.86. The average Bonchev–Trinajstić information content (AvgIpc) is 3.41. The fourth-order valence-corrected chi connectivity index (χ4v) is 7.23. The maximum Gasteiger partial charge on any atom is 0.416 e. The number of anilines is 1. The molecule has 6 nitrogen and oxygen atoms in total. The number of nitrogens with zero attached hydrogens (tertiary/aromatic N) is 3. The van der Waals surface area contributed by atoms with Crippen LogP contribution in [0, 0.1) is 5.92 Å². The topological polar surface area (TPSA) is 48.0 Å². The van der Waals surface area contributed by atoms with Crippen molar-refractivity contribution in [2.75, 3.05) is 51.5 Å². The number of amides is 1. The highest BCUT2D eigenvalue weighted by Crippen LogP contribution is 2.44. The maximum atomic E-state index is 14.3. The van der Waals surface area contributed by atoms with E-state index in [-0.39, 0.29) is 41.6 Å². The Labute approximate surface area is 249 Å². The molecule has 4 aliphatic rings. The minimum atomic E-state index is -4.70. The molecule has 0 saturated carbocycles. The van der Waals surface area contributed by atoms with Crippen molar-refractivity contribution in [3.05, 3.63) is 64.2 Å². The molecule has 1 amide bonds. The number of fused-ring (bicyclic) bond motifs is 1. The number of nitrogens with one attached hydrogen (secondary N) is 1. The highest BCUT2D eigenvalue weighted by molar-refractivity contribution is 6.10. The van der Waals surface area contributed by atoms with Crippen LogP contribution in [-0.2, 0) is 22.9 Å². The van der Waals surface area contributed by atoms with Gasteiger partial charge in [0, 0.05) is 48.4 Å². The number of benzene rings is 2. The van der Waals surface area contributed by atoms with Crippen molar-refractivity contribution in [1.29, 1.82) is 0 Å². The summed E-state index contributed by atoms with van der Waals surface area (Å²) in [7, 11) is 2.11. The summed E-state index contributed by atoms with van der Waals surface area (Å²) >= 11 is 0. The van der Waals surface area contributed by atoms with Gasteiger partial charge in [-0.15, -0.1) is 0 Å². The first kappa shape index (κ1) is 30.4. The van der Waals surface area contributed by atoms with Gasteiger partial charge >= 0.3 is 6.18 Å². The lowest BCUT2D eigenvalue weighted by Gasteiger charge is -2.46. The zero-order valence-corrected chi connectivity index (χ0v) is 24.8. The molecule has 1 N–H and O–H groups in total. The van der Waals surface area contributed by atoms with Crippen LogP contribution in [0.2, 0.25) is 0 Å². The monoisotopic (exact) mass is 606 g/mol. The van der Waals surface area contributed by atoms with E-state index in [0.717, 1.165) is 37.7 Å². The van der Waals surface area contributed by atoms with Crippen LogP contribution in [0.3, 0.4) is 0 Å². The molecule has 2 unspecified atom stereocenters. The van der Waals surface area contributed by atoms with Crippen molar-refractivity contribution >= 4 is 11.6 Å². The first-order chi connectivity index (χ1) is 20.3. The second kappa shape index (κ2) is 11.1. The van der Waals surface area contributed by atoms with Crippen molar-refractivity contribution in [2.45, 2.75) is 69.3 Å². The normalized spacial score (nSPS) is 26.7. The van der Waals surface area contributed by atoms with E-state index in [1.807, 2.05) is 18.2 Å². The zero-order chi connectivity index (χ0) is 30.7. The first-order valence-corrected chi connectivity index (χ1v) is 15.0. The van der Waals surface area contributed by atoms with E-state index >= 15 is 0 Å². The van der Waals surface area contributed by atoms with Crippen LogP contribution in [0.25, 0.3) is 0 Å². The SMILES string of the molecule is CC1CNCN(C)C(CC2(c3cccc(N4Cc5c(cc([C@H](C)N6CCC(F)(F)C6)cc5C(F)(F)F)C4=O)c3)COC2)C1. The predicted molar refractivity (Wildman–Crippen MR) is 153 cm³/mol. The van der Waals surface area contributed by atoms with Crippen LogP contribution in [0.4, 0.5) is 27.6 Å². The van der Waals surface area contributed by atoms with Crippen LogP contribution in [0.15, 0.2) is 36.4 Å². The van der Waals surface area contributed by atoms with E-state index in [1.54, 1.807) is 13.0 Å². The van der Waals surface area contributed by atoms with Crippen LogP contribution in [-0.4, -0.2) is 74.2 Å². The van der Waals surface area contributed by atoms with Gasteiger partial charge in [0.05, 0.1) is 31.9 Å². The summed E-state index contributed by atoms with van der Waals surface area (Å²) < 4.78 is 76.5. The minimum absolute atomic E-state index is 0.0173. The van der Waals surface area contributed by atoms with Crippen LogP contribution < -0.4 is 10.2 Å². The zero-order valence-electron chi connectivity index (χ0n) is 24.8. The summed E-state index contributed by atoms with van der Waals surface area (Å²) in [4.78, 5) is 18.9. The Kier molecular flexibility index (Phi) is 7.84. The van der Waals surface area contributed by atoms with Crippen molar-refractivity contribution in [3.8, 4) is 0 Å². The summed E-state index contributed by atoms with van der Waals surface area (Å²) in [6.45, 7) is 6.07. The highest BCUT2D eigenvalue weighted by Gasteiger charge is 2.46. The highest BCUT2D eigenvalue weighted by atomic mass is 19.4. The number of hydrogen-bond donors (Lipinski definition) is 1. The lowest BCUT2D eigenvalue weighted by Crippen LogP contribution is -2.51. The molecule has 0 spiro atoms. The lowest BCUT2D eigenvalue weighted by atomic mass is 9.72. The predicted octanol–water partition coefficient (Wildman–Crippen LogP) is 5.81. The van der Waals surface area contributed by atoms with Crippen molar-refractivity contribution in [3.63, 3.8) is 0 Å². The Balaban J connectivity index is 1.29. The van der Waals surface area contributed by atoms with Crippen molar-refractivity contribution in [1.82, 2.24) is 15.1 Å². The van der Waals surface area contributed by atoms with Gasteiger partial charge in [-0.1, -0.05) is 19.1 Å². The molecule has 2 aromatic carbocycles. The lowest BCUT2D eigenvalue weighted by molar-refractivity contribution is -0.138. The van der Waals surface area contributed by atoms with Crippen LogP contribution in [0.1, 0.15) is 71.8 Å². The van der Waals surface area contributed by atoms with Crippen molar-refractivity contribution < 1.29 is 31.5 Å². The van der Waals surface area contributed by atoms with Gasteiger partial charge in [-0.2, -0.15) is 13.2 Å². The number of halogens is 5. The van der Waals surface area contributed by atoms with E-state index in [9.17, 15) is 26.7 Å². The molecule has 2 aromatic rings. The third-order valence-corrected chi connectivity index (χ3v) is 9.90. The van der Waals surface area contributed by atoms with Gasteiger partial charge in [0.1, 0.15) is 0 Å². The molecule has 3 atom stereocenters. The second-order valence-electron chi connectivity index (χ2n) is 13.1. The standard InChI is InChI=1S/C32H39F5N4O2/c1-20-9-25(39(3)19-38-14-20)13-30(17-43-18-30)23-5-4-6-24(12-23)41-15-27-26(29(41)42)10-22(11-28(27)32(35,36)37)21(2)40-8-7-31(33,34)16-40/h4-6,10-12,20-21,25,38H,7-9,13-19H2,1-3H3/t20?,21-,25?/m0/s1. The maximum absolute atomic E-state index is 14.3. The summed E-state index contributed by atoms with van der Waals surface area (Å²) in [6.07, 6.45) is -3.11. The van der Waals surface area contributed by atoms with E-state index < -0.39 is 36.2 Å². The van der Waals surface area contributed by atoms with Gasteiger partial charge in [0.25, 0.3) is 11.8 Å². The quantitative estimate of drug-likeness (QED) is 0.421. The third-order valence-electron chi connectivity index (χ3n) is 9.90. The molecule has 0 aromatic heterocycles. The summed E-state index contributed by atoms with van der Waals surface area (Å²) in [5.41, 5.74) is 0.550. The first-order valence-electron chi connectivity index (χ1n) is 15.0. The number of carbonyl (C=O) groups is 1. The van der Waals surface area contributed by atoms with Gasteiger partial charge in [-0.25, -0.2) is 8.78 Å². The molecule has 3 fully saturated rings. The fraction of sp³-hybridized carbons (Fsp3) is 0.594. The fourth-order valence-electron chi connectivity index (χ4n) is 7.23. The number of alkyl halides is 5. The molecule has 6 rings (SSSR count). The summed E-state index contributed by atoms with van der Waals surface area (Å²) in [5, 5.41) is 3.48. The molecular formula is C32H39F5N4O2. The van der Waals surface area contributed by atoms with Crippen molar-refractivity contribution in [2.24, 2.45) is 5.92 Å². The number of rotatable bonds is 6. The van der Waals surface area contributed by atoms with Crippen LogP contribution >= 0.6 is 0 Å². The molecule has 0 bridgehead atoms. The van der Waals surface area contributed by atoms with E-state index in [4.69, 9.17) is 4.74 Å². The molecule has 4 heterocycles. The third kappa shape index (κ3) is 5.81. The molecule has 234 valence electrons. The molecular weight excluding hydrogens is 567 g/mol. The summed E-state index contributed by atoms with van der Waals surface area (Å²) in [6, 6.07) is 9.70. The van der Waals surface area contributed by atoms with Gasteiger partial charge in [0.15, 0.2) is 0 Å². The van der Waals surface area contributed by atoms with Gasteiger partial charge < -0.3 is 15.0 Å². The molecule has 4 aliphatic heterocycles. The number of ether oxygens (including phenoxy) is 1. The molecule has 0 aliphatic carbocycles. The Hall–Kier alpha value is -2.60. The molecule has 11 heteroatoms. The number of carbonyl (C=O) groups excluding carboxylic acids is 1. The Morgan fingerprint density at radius 2 is 1.93 bits per heavy atom. The van der Waals surface area contributed by atoms with Gasteiger partial charge in [0.2, 0.25) is 0 Å². The van der Waals surface area contributed by atoms with Gasteiger partial charge in [-0.05, 0) is 80.2 Å². The molecule has 0 radical (unpaired) electrons.